The van der Waals surface area contributed by atoms with Crippen molar-refractivity contribution in [2.45, 2.75) is 58.6 Å². The lowest BCUT2D eigenvalue weighted by Crippen LogP contribution is -2.44. The second-order valence-electron chi connectivity index (χ2n) is 8.65. The molecule has 1 aromatic heterocycles. The molecule has 3 atom stereocenters. The highest BCUT2D eigenvalue weighted by Crippen LogP contribution is 2.39. The molecule has 33 heavy (non-hydrogen) atoms. The van der Waals surface area contributed by atoms with E-state index >= 15 is 0 Å². The van der Waals surface area contributed by atoms with E-state index in [1.807, 2.05) is 31.2 Å². The molecule has 1 aliphatic heterocycles. The van der Waals surface area contributed by atoms with Gasteiger partial charge < -0.3 is 10.1 Å². The predicted octanol–water partition coefficient (Wildman–Crippen LogP) is 3.24. The Balaban J connectivity index is 1.28. The van der Waals surface area contributed by atoms with Gasteiger partial charge in [0.25, 0.3) is 0 Å². The van der Waals surface area contributed by atoms with Crippen LogP contribution in [0.5, 0.6) is 0 Å². The van der Waals surface area contributed by atoms with Crippen LogP contribution in [0.1, 0.15) is 48.9 Å². The zero-order valence-electron chi connectivity index (χ0n) is 18.7. The van der Waals surface area contributed by atoms with E-state index < -0.39 is 12.0 Å². The Morgan fingerprint density at radius 2 is 1.79 bits per heavy atom. The van der Waals surface area contributed by atoms with Gasteiger partial charge in [0.05, 0.1) is 24.0 Å². The summed E-state index contributed by atoms with van der Waals surface area (Å²) in [5.41, 5.74) is 2.35. The highest BCUT2D eigenvalue weighted by Gasteiger charge is 2.51. The minimum Gasteiger partial charge on any atom is -0.458 e. The van der Waals surface area contributed by atoms with Crippen molar-refractivity contribution in [2.75, 3.05) is 5.32 Å². The molecule has 174 valence electrons. The normalized spacial score (nSPS) is 21.0. The number of ether oxygens (including phenoxy) is 1. The minimum atomic E-state index is -0.964. The van der Waals surface area contributed by atoms with Gasteiger partial charge in [0.1, 0.15) is 17.7 Å². The van der Waals surface area contributed by atoms with Gasteiger partial charge >= 0.3 is 5.97 Å². The van der Waals surface area contributed by atoms with Gasteiger partial charge in [0.15, 0.2) is 0 Å². The van der Waals surface area contributed by atoms with Crippen molar-refractivity contribution in [3.63, 3.8) is 0 Å². The number of nitrogens with one attached hydrogen (secondary N) is 1. The maximum absolute atomic E-state index is 12.7. The fraction of sp³-hybridized carbons (Fsp3) is 0.458. The average molecular weight is 470 g/mol. The second kappa shape index (κ2) is 9.82. The van der Waals surface area contributed by atoms with Crippen LogP contribution in [-0.4, -0.2) is 39.6 Å². The molecule has 0 spiro atoms. The number of likely N-dealkylation sites (tertiary alicyclic amines) is 1. The summed E-state index contributed by atoms with van der Waals surface area (Å²) in [5, 5.41) is 5.16. The number of hydrogen-bond donors (Lipinski definition) is 1. The molecule has 2 fully saturated rings. The molecule has 4 rings (SSSR count). The van der Waals surface area contributed by atoms with Crippen LogP contribution in [0.2, 0.25) is 0 Å². The van der Waals surface area contributed by atoms with E-state index in [-0.39, 0.29) is 42.6 Å². The lowest BCUT2D eigenvalue weighted by molar-refractivity contribution is -0.159. The van der Waals surface area contributed by atoms with Crippen LogP contribution in [0, 0.1) is 18.8 Å². The molecule has 0 bridgehead atoms. The first-order valence-corrected chi connectivity index (χ1v) is 12.0. The number of nitrogens with zero attached hydrogens (tertiary/aromatic N) is 2. The van der Waals surface area contributed by atoms with Crippen LogP contribution in [0.15, 0.2) is 29.6 Å². The van der Waals surface area contributed by atoms with Gasteiger partial charge in [-0.05, 0) is 38.8 Å². The van der Waals surface area contributed by atoms with E-state index in [2.05, 4.69) is 10.3 Å². The number of fused-ring (bicyclic) bond motifs is 1. The highest BCUT2D eigenvalue weighted by atomic mass is 32.1. The predicted molar refractivity (Wildman–Crippen MR) is 122 cm³/mol. The summed E-state index contributed by atoms with van der Waals surface area (Å²) in [6.07, 6.45) is 3.38. The maximum atomic E-state index is 12.7. The standard InChI is InChI=1S/C24H27N3O5S/c1-14-7-9-16(10-8-14)25-20(28)11-21-26-17(13-33-21)12-32-24(31)15(2)27-22(29)18-5-3-4-6-19(18)23(27)30/h7-10,13,15,18-19H,3-6,11-12H2,1-2H3,(H,25,28)/t15-,18?,19?/m0/s1. The topological polar surface area (TPSA) is 106 Å². The van der Waals surface area contributed by atoms with Gasteiger partial charge in [-0.3, -0.25) is 19.3 Å². The third-order valence-corrected chi connectivity index (χ3v) is 7.11. The maximum Gasteiger partial charge on any atom is 0.329 e. The summed E-state index contributed by atoms with van der Waals surface area (Å²) in [4.78, 5) is 55.6. The summed E-state index contributed by atoms with van der Waals surface area (Å²) in [6, 6.07) is 6.56. The molecule has 3 amide bonds. The molecule has 9 heteroatoms. The summed E-state index contributed by atoms with van der Waals surface area (Å²) in [7, 11) is 0. The molecule has 1 aliphatic carbocycles. The molecule has 2 heterocycles. The SMILES string of the molecule is Cc1ccc(NC(=O)Cc2nc(COC(=O)[C@H](C)N3C(=O)C4CCCCC4C3=O)cs2)cc1. The van der Waals surface area contributed by atoms with Crippen LogP contribution in [0.4, 0.5) is 5.69 Å². The summed E-state index contributed by atoms with van der Waals surface area (Å²) in [5.74, 6) is -1.93. The molecular weight excluding hydrogens is 442 g/mol. The Morgan fingerprint density at radius 1 is 1.15 bits per heavy atom. The van der Waals surface area contributed by atoms with Crippen molar-refractivity contribution < 1.29 is 23.9 Å². The zero-order valence-corrected chi connectivity index (χ0v) is 19.5. The first-order chi connectivity index (χ1) is 15.8. The van der Waals surface area contributed by atoms with Crippen LogP contribution in [-0.2, 0) is 36.9 Å². The van der Waals surface area contributed by atoms with Crippen molar-refractivity contribution in [3.8, 4) is 0 Å². The van der Waals surface area contributed by atoms with E-state index in [4.69, 9.17) is 4.74 Å². The zero-order chi connectivity index (χ0) is 23.5. The monoisotopic (exact) mass is 469 g/mol. The first kappa shape index (κ1) is 23.1. The first-order valence-electron chi connectivity index (χ1n) is 11.2. The number of aryl methyl sites for hydroxylation is 1. The molecule has 2 aliphatic rings. The van der Waals surface area contributed by atoms with Gasteiger partial charge in [-0.15, -0.1) is 11.3 Å². The highest BCUT2D eigenvalue weighted by molar-refractivity contribution is 7.09. The summed E-state index contributed by atoms with van der Waals surface area (Å²) >= 11 is 1.31. The third kappa shape index (κ3) is 5.13. The number of benzene rings is 1. The number of hydrogen-bond acceptors (Lipinski definition) is 7. The van der Waals surface area contributed by atoms with Gasteiger partial charge in [-0.25, -0.2) is 9.78 Å². The molecule has 1 N–H and O–H groups in total. The molecule has 2 unspecified atom stereocenters. The van der Waals surface area contributed by atoms with Crippen LogP contribution >= 0.6 is 11.3 Å². The molecule has 2 aromatic rings. The van der Waals surface area contributed by atoms with Crippen molar-refractivity contribution in [1.29, 1.82) is 0 Å². The fourth-order valence-corrected chi connectivity index (χ4v) is 5.19. The van der Waals surface area contributed by atoms with Gasteiger partial charge in [-0.1, -0.05) is 30.5 Å². The van der Waals surface area contributed by atoms with Crippen molar-refractivity contribution in [3.05, 3.63) is 45.9 Å². The number of imide groups is 1. The number of rotatable bonds is 7. The summed E-state index contributed by atoms with van der Waals surface area (Å²) < 4.78 is 5.34. The van der Waals surface area contributed by atoms with Crippen LogP contribution in [0.25, 0.3) is 0 Å². The Morgan fingerprint density at radius 3 is 2.42 bits per heavy atom. The van der Waals surface area contributed by atoms with Crippen molar-refractivity contribution in [2.24, 2.45) is 11.8 Å². The van der Waals surface area contributed by atoms with E-state index in [1.165, 1.54) is 18.3 Å². The lowest BCUT2D eigenvalue weighted by Gasteiger charge is -2.21. The van der Waals surface area contributed by atoms with Crippen LogP contribution < -0.4 is 5.32 Å². The number of esters is 1. The fourth-order valence-electron chi connectivity index (χ4n) is 4.42. The van der Waals surface area contributed by atoms with Crippen molar-refractivity contribution in [1.82, 2.24) is 9.88 Å². The van der Waals surface area contributed by atoms with E-state index in [0.717, 1.165) is 29.0 Å². The molecule has 8 nitrogen and oxygen atoms in total. The molecular formula is C24H27N3O5S. The number of carbonyl (C=O) groups excluding carboxylic acids is 4. The van der Waals surface area contributed by atoms with Gasteiger partial charge in [0.2, 0.25) is 17.7 Å². The largest absolute Gasteiger partial charge is 0.458 e. The number of amides is 3. The molecule has 1 aromatic carbocycles. The van der Waals surface area contributed by atoms with Gasteiger partial charge in [-0.2, -0.15) is 0 Å². The Kier molecular flexibility index (Phi) is 6.88. The van der Waals surface area contributed by atoms with Gasteiger partial charge in [0, 0.05) is 11.1 Å². The van der Waals surface area contributed by atoms with Crippen LogP contribution in [0.3, 0.4) is 0 Å². The lowest BCUT2D eigenvalue weighted by atomic mass is 9.81. The average Bonchev–Trinajstić information content (AvgIpc) is 3.35. The number of aromatic nitrogens is 1. The molecule has 1 saturated carbocycles. The minimum absolute atomic E-state index is 0.0810. The molecule has 1 saturated heterocycles. The van der Waals surface area contributed by atoms with E-state index in [0.29, 0.717) is 23.5 Å². The Hall–Kier alpha value is -3.07. The van der Waals surface area contributed by atoms with E-state index in [9.17, 15) is 19.2 Å². The van der Waals surface area contributed by atoms with E-state index in [1.54, 1.807) is 5.38 Å². The Bertz CT molecular complexity index is 1040. The quantitative estimate of drug-likeness (QED) is 0.493. The Labute approximate surface area is 196 Å². The van der Waals surface area contributed by atoms with Crippen molar-refractivity contribution >= 4 is 40.7 Å². The second-order valence-corrected chi connectivity index (χ2v) is 9.59. The molecule has 0 radical (unpaired) electrons. The number of thiazole rings is 1. The smallest absolute Gasteiger partial charge is 0.329 e. The summed E-state index contributed by atoms with van der Waals surface area (Å²) in [6.45, 7) is 3.42. The number of anilines is 1. The third-order valence-electron chi connectivity index (χ3n) is 6.21. The number of carbonyl (C=O) groups is 4.